The predicted molar refractivity (Wildman–Crippen MR) is 139 cm³/mol. The van der Waals surface area contributed by atoms with Crippen molar-refractivity contribution in [2.45, 2.75) is 96.3 Å². The topological polar surface area (TPSA) is 0 Å². The van der Waals surface area contributed by atoms with Gasteiger partial charge in [-0.25, -0.2) is 0 Å². The molecule has 0 unspecified atom stereocenters. The summed E-state index contributed by atoms with van der Waals surface area (Å²) in [6.45, 7) is 4.54. The summed E-state index contributed by atoms with van der Waals surface area (Å²) in [6.07, 6.45) is 19.8. The first kappa shape index (κ1) is 23.3. The standard InChI is InChI=1S/C32H44/c1-3-4-6-9-26-12-16-29(17-13-26)31-20-22-32(23-21-31)30-18-14-27(15-19-30)24-25(2)28-10-7-5-8-11-28/h3-5,7-8,10-13,16-17,25,27,30-32H,6,9,14-15,18-24H2,1-2H3/b4-3+/t25-,27?,30?,31?,32?/m0/s1. The fraction of sp³-hybridized carbons (Fsp3) is 0.562. The first-order valence-corrected chi connectivity index (χ1v) is 13.5. The van der Waals surface area contributed by atoms with Crippen LogP contribution in [0.5, 0.6) is 0 Å². The lowest BCUT2D eigenvalue weighted by atomic mass is 9.67. The van der Waals surface area contributed by atoms with E-state index in [0.29, 0.717) is 5.92 Å². The van der Waals surface area contributed by atoms with E-state index in [-0.39, 0.29) is 0 Å². The third-order valence-corrected chi connectivity index (χ3v) is 8.67. The molecule has 0 spiro atoms. The second-order valence-electron chi connectivity index (χ2n) is 10.8. The summed E-state index contributed by atoms with van der Waals surface area (Å²) in [5.74, 6) is 4.47. The Bertz CT molecular complexity index is 799. The van der Waals surface area contributed by atoms with Crippen molar-refractivity contribution < 1.29 is 0 Å². The van der Waals surface area contributed by atoms with E-state index in [1.54, 1.807) is 5.56 Å². The van der Waals surface area contributed by atoms with Crippen molar-refractivity contribution in [1.82, 2.24) is 0 Å². The van der Waals surface area contributed by atoms with E-state index < -0.39 is 0 Å². The first-order chi connectivity index (χ1) is 15.7. The second-order valence-corrected chi connectivity index (χ2v) is 10.8. The molecule has 0 radical (unpaired) electrons. The van der Waals surface area contributed by atoms with Crippen molar-refractivity contribution in [3.63, 3.8) is 0 Å². The summed E-state index contributed by atoms with van der Waals surface area (Å²) >= 11 is 0. The largest absolute Gasteiger partial charge is 0.0917 e. The van der Waals surface area contributed by atoms with Gasteiger partial charge in [0, 0.05) is 0 Å². The zero-order valence-electron chi connectivity index (χ0n) is 20.5. The molecular formula is C32H44. The number of rotatable bonds is 8. The number of benzene rings is 2. The van der Waals surface area contributed by atoms with Crippen LogP contribution < -0.4 is 0 Å². The van der Waals surface area contributed by atoms with Gasteiger partial charge in [-0.05, 0) is 111 Å². The van der Waals surface area contributed by atoms with Crippen molar-refractivity contribution in [2.75, 3.05) is 0 Å². The Labute approximate surface area is 197 Å². The Hall–Kier alpha value is -1.82. The van der Waals surface area contributed by atoms with Crippen LogP contribution >= 0.6 is 0 Å². The maximum atomic E-state index is 2.43. The zero-order valence-corrected chi connectivity index (χ0v) is 20.5. The lowest BCUT2D eigenvalue weighted by Gasteiger charge is -2.38. The molecule has 0 aromatic heterocycles. The Balaban J connectivity index is 1.19. The van der Waals surface area contributed by atoms with Gasteiger partial charge in [0.05, 0.1) is 0 Å². The van der Waals surface area contributed by atoms with Gasteiger partial charge in [0.2, 0.25) is 0 Å². The molecule has 0 saturated heterocycles. The fourth-order valence-electron chi connectivity index (χ4n) is 6.61. The molecule has 0 N–H and O–H groups in total. The van der Waals surface area contributed by atoms with Crippen LogP contribution in [0.2, 0.25) is 0 Å². The molecule has 4 rings (SSSR count). The molecule has 0 heteroatoms. The molecular weight excluding hydrogens is 384 g/mol. The zero-order chi connectivity index (χ0) is 22.2. The van der Waals surface area contributed by atoms with Crippen LogP contribution in [-0.2, 0) is 6.42 Å². The molecule has 32 heavy (non-hydrogen) atoms. The highest BCUT2D eigenvalue weighted by Gasteiger charge is 2.31. The molecule has 0 heterocycles. The summed E-state index contributed by atoms with van der Waals surface area (Å²) in [4.78, 5) is 0. The third-order valence-electron chi connectivity index (χ3n) is 8.67. The van der Waals surface area contributed by atoms with Crippen LogP contribution in [0.15, 0.2) is 66.7 Å². The minimum atomic E-state index is 0.711. The van der Waals surface area contributed by atoms with Crippen LogP contribution in [0.1, 0.15) is 107 Å². The van der Waals surface area contributed by atoms with Gasteiger partial charge < -0.3 is 0 Å². The van der Waals surface area contributed by atoms with Gasteiger partial charge in [-0.15, -0.1) is 0 Å². The minimum Gasteiger partial charge on any atom is -0.0917 e. The number of allylic oxidation sites excluding steroid dienone is 2. The predicted octanol–water partition coefficient (Wildman–Crippen LogP) is 9.47. The highest BCUT2D eigenvalue weighted by Crippen LogP contribution is 2.45. The van der Waals surface area contributed by atoms with E-state index in [1.165, 1.54) is 75.3 Å². The number of hydrogen-bond donors (Lipinski definition) is 0. The van der Waals surface area contributed by atoms with E-state index in [4.69, 9.17) is 0 Å². The fourth-order valence-corrected chi connectivity index (χ4v) is 6.61. The first-order valence-electron chi connectivity index (χ1n) is 13.5. The Morgan fingerprint density at radius 1 is 0.781 bits per heavy atom. The molecule has 2 aromatic carbocycles. The van der Waals surface area contributed by atoms with Gasteiger partial charge in [0.1, 0.15) is 0 Å². The van der Waals surface area contributed by atoms with Crippen molar-refractivity contribution in [3.8, 4) is 0 Å². The van der Waals surface area contributed by atoms with Crippen molar-refractivity contribution in [3.05, 3.63) is 83.4 Å². The molecule has 0 amide bonds. The van der Waals surface area contributed by atoms with Gasteiger partial charge in [-0.1, -0.05) is 86.5 Å². The van der Waals surface area contributed by atoms with Gasteiger partial charge in [-0.2, -0.15) is 0 Å². The Morgan fingerprint density at radius 3 is 2.03 bits per heavy atom. The summed E-state index contributed by atoms with van der Waals surface area (Å²) < 4.78 is 0. The van der Waals surface area contributed by atoms with Crippen LogP contribution in [0.4, 0.5) is 0 Å². The summed E-state index contributed by atoms with van der Waals surface area (Å²) in [5.41, 5.74) is 4.61. The van der Waals surface area contributed by atoms with E-state index in [2.05, 4.69) is 80.6 Å². The van der Waals surface area contributed by atoms with E-state index in [9.17, 15) is 0 Å². The maximum Gasteiger partial charge on any atom is -0.0162 e. The average Bonchev–Trinajstić information content (AvgIpc) is 2.86. The van der Waals surface area contributed by atoms with Gasteiger partial charge in [-0.3, -0.25) is 0 Å². The van der Waals surface area contributed by atoms with Crippen molar-refractivity contribution >= 4 is 0 Å². The van der Waals surface area contributed by atoms with Gasteiger partial charge >= 0.3 is 0 Å². The van der Waals surface area contributed by atoms with E-state index >= 15 is 0 Å². The van der Waals surface area contributed by atoms with Crippen molar-refractivity contribution in [2.24, 2.45) is 17.8 Å². The molecule has 0 aliphatic heterocycles. The molecule has 2 aromatic rings. The molecule has 0 bridgehead atoms. The third kappa shape index (κ3) is 6.37. The lowest BCUT2D eigenvalue weighted by Crippen LogP contribution is -2.25. The summed E-state index contributed by atoms with van der Waals surface area (Å²) in [5, 5.41) is 0. The minimum absolute atomic E-state index is 0.711. The SMILES string of the molecule is C/C=C/CCc1ccc(C2CCC(C3CCC(C[C@H](C)c4ccccc4)CC3)CC2)cc1. The van der Waals surface area contributed by atoms with Crippen LogP contribution in [0.3, 0.4) is 0 Å². The molecule has 0 nitrogen and oxygen atoms in total. The molecule has 2 saturated carbocycles. The van der Waals surface area contributed by atoms with E-state index in [0.717, 1.165) is 30.1 Å². The van der Waals surface area contributed by atoms with Crippen molar-refractivity contribution in [1.29, 1.82) is 0 Å². The number of aryl methyl sites for hydroxylation is 1. The van der Waals surface area contributed by atoms with E-state index in [1.807, 2.05) is 0 Å². The average molecular weight is 429 g/mol. The van der Waals surface area contributed by atoms with Gasteiger partial charge in [0.15, 0.2) is 0 Å². The molecule has 1 atom stereocenters. The van der Waals surface area contributed by atoms with Crippen LogP contribution in [0.25, 0.3) is 0 Å². The Morgan fingerprint density at radius 2 is 1.41 bits per heavy atom. The second kappa shape index (κ2) is 11.9. The molecule has 2 aliphatic rings. The molecule has 2 aliphatic carbocycles. The van der Waals surface area contributed by atoms with Crippen LogP contribution in [-0.4, -0.2) is 0 Å². The summed E-state index contributed by atoms with van der Waals surface area (Å²) in [6, 6.07) is 20.8. The maximum absolute atomic E-state index is 2.43. The lowest BCUT2D eigenvalue weighted by molar-refractivity contribution is 0.154. The normalized spacial score (nSPS) is 27.4. The smallest absolute Gasteiger partial charge is 0.0162 e. The monoisotopic (exact) mass is 428 g/mol. The molecule has 172 valence electrons. The Kier molecular flexibility index (Phi) is 8.66. The highest BCUT2D eigenvalue weighted by atomic mass is 14.4. The van der Waals surface area contributed by atoms with Gasteiger partial charge in [0.25, 0.3) is 0 Å². The molecule has 2 fully saturated rings. The quantitative estimate of drug-likeness (QED) is 0.367. The van der Waals surface area contributed by atoms with Crippen LogP contribution in [0, 0.1) is 17.8 Å². The summed E-state index contributed by atoms with van der Waals surface area (Å²) in [7, 11) is 0. The highest BCUT2D eigenvalue weighted by molar-refractivity contribution is 5.26. The number of hydrogen-bond acceptors (Lipinski definition) is 0.